The summed E-state index contributed by atoms with van der Waals surface area (Å²) in [5.74, 6) is 0.623. The third-order valence-corrected chi connectivity index (χ3v) is 3.53. The second kappa shape index (κ2) is 6.69. The van der Waals surface area contributed by atoms with E-state index < -0.39 is 4.92 Å². The van der Waals surface area contributed by atoms with Crippen LogP contribution in [0.15, 0.2) is 46.9 Å². The number of hydrogen-bond donors (Lipinski definition) is 1. The summed E-state index contributed by atoms with van der Waals surface area (Å²) in [5, 5.41) is 11.0. The minimum atomic E-state index is -0.411. The molecule has 0 saturated carbocycles. The Morgan fingerprint density at radius 2 is 2.05 bits per heavy atom. The average Bonchev–Trinajstić information content (AvgIpc) is 2.45. The number of benzene rings is 2. The van der Waals surface area contributed by atoms with Crippen LogP contribution < -0.4 is 10.5 Å². The first-order chi connectivity index (χ1) is 9.99. The second-order valence-electron chi connectivity index (χ2n) is 4.65. The van der Waals surface area contributed by atoms with Crippen LogP contribution in [-0.4, -0.2) is 4.92 Å². The molecule has 6 heteroatoms. The van der Waals surface area contributed by atoms with Gasteiger partial charge < -0.3 is 10.5 Å². The second-order valence-corrected chi connectivity index (χ2v) is 5.56. The summed E-state index contributed by atoms with van der Waals surface area (Å²) < 4.78 is 6.61. The molecule has 110 valence electrons. The zero-order chi connectivity index (χ0) is 15.4. The van der Waals surface area contributed by atoms with Crippen molar-refractivity contribution in [3.63, 3.8) is 0 Å². The van der Waals surface area contributed by atoms with Gasteiger partial charge in [0, 0.05) is 22.1 Å². The van der Waals surface area contributed by atoms with Crippen LogP contribution in [0, 0.1) is 10.1 Å². The zero-order valence-corrected chi connectivity index (χ0v) is 13.0. The SMILES string of the molecule is C[C@@H](N)c1ccc(Br)cc1OCc1ccccc1[N+](=O)[O-]. The Kier molecular flexibility index (Phi) is 4.93. The molecule has 2 aromatic rings. The quantitative estimate of drug-likeness (QED) is 0.653. The number of nitrogens with zero attached hydrogens (tertiary/aromatic N) is 1. The van der Waals surface area contributed by atoms with Crippen molar-refractivity contribution in [1.29, 1.82) is 0 Å². The zero-order valence-electron chi connectivity index (χ0n) is 11.5. The summed E-state index contributed by atoms with van der Waals surface area (Å²) in [6.45, 7) is 1.98. The molecule has 0 unspecified atom stereocenters. The fourth-order valence-corrected chi connectivity index (χ4v) is 2.32. The highest BCUT2D eigenvalue weighted by Crippen LogP contribution is 2.29. The maximum atomic E-state index is 11.0. The van der Waals surface area contributed by atoms with E-state index in [1.165, 1.54) is 6.07 Å². The predicted octanol–water partition coefficient (Wildman–Crippen LogP) is 3.96. The Labute approximate surface area is 131 Å². The number of hydrogen-bond acceptors (Lipinski definition) is 4. The van der Waals surface area contributed by atoms with Crippen molar-refractivity contribution in [2.45, 2.75) is 19.6 Å². The van der Waals surface area contributed by atoms with E-state index in [2.05, 4.69) is 15.9 Å². The number of ether oxygens (including phenoxy) is 1. The van der Waals surface area contributed by atoms with Gasteiger partial charge in [0.1, 0.15) is 12.4 Å². The maximum absolute atomic E-state index is 11.0. The molecule has 0 fully saturated rings. The van der Waals surface area contributed by atoms with Gasteiger partial charge in [-0.25, -0.2) is 0 Å². The van der Waals surface area contributed by atoms with Crippen LogP contribution in [0.25, 0.3) is 0 Å². The van der Waals surface area contributed by atoms with Gasteiger partial charge in [-0.3, -0.25) is 10.1 Å². The molecule has 5 nitrogen and oxygen atoms in total. The van der Waals surface area contributed by atoms with Crippen molar-refractivity contribution in [3.8, 4) is 5.75 Å². The van der Waals surface area contributed by atoms with Gasteiger partial charge in [-0.1, -0.05) is 34.1 Å². The van der Waals surface area contributed by atoms with Crippen LogP contribution >= 0.6 is 15.9 Å². The lowest BCUT2D eigenvalue weighted by atomic mass is 10.1. The van der Waals surface area contributed by atoms with E-state index in [-0.39, 0.29) is 18.3 Å². The van der Waals surface area contributed by atoms with Crippen LogP contribution in [0.3, 0.4) is 0 Å². The molecule has 0 aliphatic carbocycles. The summed E-state index contributed by atoms with van der Waals surface area (Å²) in [4.78, 5) is 10.6. The van der Waals surface area contributed by atoms with Gasteiger partial charge in [0.25, 0.3) is 5.69 Å². The summed E-state index contributed by atoms with van der Waals surface area (Å²) >= 11 is 3.38. The van der Waals surface area contributed by atoms with Crippen molar-refractivity contribution in [2.24, 2.45) is 5.73 Å². The standard InChI is InChI=1S/C15H15BrN2O3/c1-10(17)13-7-6-12(16)8-15(13)21-9-11-4-2-3-5-14(11)18(19)20/h2-8,10H,9,17H2,1H3/t10-/m1/s1. The lowest BCUT2D eigenvalue weighted by Gasteiger charge is -2.14. The number of para-hydroxylation sites is 1. The van der Waals surface area contributed by atoms with E-state index >= 15 is 0 Å². The first-order valence-electron chi connectivity index (χ1n) is 6.39. The highest BCUT2D eigenvalue weighted by molar-refractivity contribution is 9.10. The van der Waals surface area contributed by atoms with E-state index in [1.807, 2.05) is 25.1 Å². The van der Waals surface area contributed by atoms with Gasteiger partial charge in [-0.05, 0) is 25.1 Å². The molecule has 0 aromatic heterocycles. The third-order valence-electron chi connectivity index (χ3n) is 3.04. The Hall–Kier alpha value is -1.92. The normalized spacial score (nSPS) is 12.0. The fourth-order valence-electron chi connectivity index (χ4n) is 1.98. The van der Waals surface area contributed by atoms with Gasteiger partial charge in [0.15, 0.2) is 0 Å². The molecule has 21 heavy (non-hydrogen) atoms. The highest BCUT2D eigenvalue weighted by Gasteiger charge is 2.14. The molecule has 1 atom stereocenters. The van der Waals surface area contributed by atoms with Crippen molar-refractivity contribution < 1.29 is 9.66 Å². The van der Waals surface area contributed by atoms with Crippen LogP contribution in [0.1, 0.15) is 24.1 Å². The molecular formula is C15H15BrN2O3. The lowest BCUT2D eigenvalue weighted by molar-refractivity contribution is -0.385. The van der Waals surface area contributed by atoms with Crippen molar-refractivity contribution >= 4 is 21.6 Å². The summed E-state index contributed by atoms with van der Waals surface area (Å²) in [7, 11) is 0. The number of halogens is 1. The molecule has 0 bridgehead atoms. The number of nitro benzene ring substituents is 1. The van der Waals surface area contributed by atoms with Gasteiger partial charge in [0.2, 0.25) is 0 Å². The molecule has 0 saturated heterocycles. The van der Waals surface area contributed by atoms with Crippen LogP contribution in [0.4, 0.5) is 5.69 Å². The number of rotatable bonds is 5. The molecule has 0 radical (unpaired) electrons. The Bertz CT molecular complexity index is 659. The van der Waals surface area contributed by atoms with E-state index in [0.29, 0.717) is 11.3 Å². The number of nitrogens with two attached hydrogens (primary N) is 1. The molecular weight excluding hydrogens is 336 g/mol. The van der Waals surface area contributed by atoms with Gasteiger partial charge in [-0.15, -0.1) is 0 Å². The van der Waals surface area contributed by atoms with Gasteiger partial charge >= 0.3 is 0 Å². The van der Waals surface area contributed by atoms with Gasteiger partial charge in [0.05, 0.1) is 10.5 Å². The minimum Gasteiger partial charge on any atom is -0.488 e. The molecule has 2 aromatic carbocycles. The van der Waals surface area contributed by atoms with Crippen LogP contribution in [0.5, 0.6) is 5.75 Å². The molecule has 0 spiro atoms. The van der Waals surface area contributed by atoms with E-state index in [9.17, 15) is 10.1 Å². The summed E-state index contributed by atoms with van der Waals surface area (Å²) in [6.07, 6.45) is 0. The lowest BCUT2D eigenvalue weighted by Crippen LogP contribution is -2.08. The van der Waals surface area contributed by atoms with Crippen LogP contribution in [-0.2, 0) is 6.61 Å². The largest absolute Gasteiger partial charge is 0.488 e. The third kappa shape index (κ3) is 3.80. The Morgan fingerprint density at radius 1 is 1.33 bits per heavy atom. The predicted molar refractivity (Wildman–Crippen MR) is 84.2 cm³/mol. The first-order valence-corrected chi connectivity index (χ1v) is 7.18. The molecule has 0 heterocycles. The Morgan fingerprint density at radius 3 is 2.71 bits per heavy atom. The van der Waals surface area contributed by atoms with E-state index in [0.717, 1.165) is 10.0 Å². The Balaban J connectivity index is 2.24. The van der Waals surface area contributed by atoms with Crippen LogP contribution in [0.2, 0.25) is 0 Å². The summed E-state index contributed by atoms with van der Waals surface area (Å²) in [6, 6.07) is 11.9. The maximum Gasteiger partial charge on any atom is 0.276 e. The molecule has 0 amide bonds. The summed E-state index contributed by atoms with van der Waals surface area (Å²) in [5.41, 5.74) is 7.34. The van der Waals surface area contributed by atoms with Crippen molar-refractivity contribution in [2.75, 3.05) is 0 Å². The van der Waals surface area contributed by atoms with Gasteiger partial charge in [-0.2, -0.15) is 0 Å². The first kappa shape index (κ1) is 15.5. The number of nitro groups is 1. The fraction of sp³-hybridized carbons (Fsp3) is 0.200. The van der Waals surface area contributed by atoms with Crippen molar-refractivity contribution in [1.82, 2.24) is 0 Å². The smallest absolute Gasteiger partial charge is 0.276 e. The topological polar surface area (TPSA) is 78.4 Å². The molecule has 2 rings (SSSR count). The molecule has 0 aliphatic heterocycles. The monoisotopic (exact) mass is 350 g/mol. The van der Waals surface area contributed by atoms with E-state index in [4.69, 9.17) is 10.5 Å². The molecule has 0 aliphatic rings. The van der Waals surface area contributed by atoms with E-state index in [1.54, 1.807) is 18.2 Å². The minimum absolute atomic E-state index is 0.0508. The average molecular weight is 351 g/mol. The highest BCUT2D eigenvalue weighted by atomic mass is 79.9. The molecule has 2 N–H and O–H groups in total. The van der Waals surface area contributed by atoms with Crippen molar-refractivity contribution in [3.05, 3.63) is 68.2 Å².